The van der Waals surface area contributed by atoms with Gasteiger partial charge in [-0.1, -0.05) is 23.7 Å². The maximum atomic E-state index is 12.9. The van der Waals surface area contributed by atoms with Crippen LogP contribution in [0.3, 0.4) is 0 Å². The van der Waals surface area contributed by atoms with Crippen LogP contribution in [0.5, 0.6) is 0 Å². The number of aromatic nitrogens is 4. The predicted octanol–water partition coefficient (Wildman–Crippen LogP) is 3.87. The Hall–Kier alpha value is -3.82. The molecule has 0 fully saturated rings. The molecule has 0 bridgehead atoms. The minimum Gasteiger partial charge on any atom is -0.388 e. The van der Waals surface area contributed by atoms with Crippen LogP contribution in [0.15, 0.2) is 48.7 Å². The zero-order chi connectivity index (χ0) is 25.1. The third-order valence-electron chi connectivity index (χ3n) is 5.51. The number of imidazole rings is 1. The number of fused-ring (bicyclic) bond motifs is 1. The molecule has 180 valence electrons. The molecule has 9 nitrogen and oxygen atoms in total. The number of aryl methyl sites for hydroxylation is 2. The van der Waals surface area contributed by atoms with E-state index in [9.17, 15) is 14.7 Å². The quantitative estimate of drug-likeness (QED) is 0.360. The second-order valence-corrected chi connectivity index (χ2v) is 8.63. The van der Waals surface area contributed by atoms with Crippen LogP contribution < -0.4 is 10.6 Å². The van der Waals surface area contributed by atoms with Gasteiger partial charge in [-0.2, -0.15) is 5.10 Å². The largest absolute Gasteiger partial charge is 0.388 e. The first-order chi connectivity index (χ1) is 16.7. The molecule has 0 aliphatic heterocycles. The molecule has 3 aromatic heterocycles. The van der Waals surface area contributed by atoms with Gasteiger partial charge in [-0.05, 0) is 56.2 Å². The second-order valence-electron chi connectivity index (χ2n) is 8.19. The zero-order valence-electron chi connectivity index (χ0n) is 19.5. The van der Waals surface area contributed by atoms with Crippen molar-refractivity contribution in [1.29, 1.82) is 0 Å². The van der Waals surface area contributed by atoms with Gasteiger partial charge in [0.05, 0.1) is 29.3 Å². The lowest BCUT2D eigenvalue weighted by atomic mass is 10.0. The molecule has 1 atom stereocenters. The lowest BCUT2D eigenvalue weighted by molar-refractivity contribution is -0.114. The summed E-state index contributed by atoms with van der Waals surface area (Å²) in [6, 6.07) is 12.3. The van der Waals surface area contributed by atoms with Gasteiger partial charge in [0.25, 0.3) is 5.91 Å². The van der Waals surface area contributed by atoms with E-state index in [4.69, 9.17) is 11.6 Å². The number of anilines is 1. The molecule has 2 amide bonds. The first-order valence-corrected chi connectivity index (χ1v) is 11.4. The summed E-state index contributed by atoms with van der Waals surface area (Å²) in [5.74, 6) is -0.0958. The number of nitrogens with one attached hydrogen (secondary N) is 2. The van der Waals surface area contributed by atoms with E-state index in [1.54, 1.807) is 60.1 Å². The average Bonchev–Trinajstić information content (AvgIpc) is 3.20. The van der Waals surface area contributed by atoms with Gasteiger partial charge in [0.2, 0.25) is 5.91 Å². The third kappa shape index (κ3) is 5.64. The number of hydrogen-bond donors (Lipinski definition) is 3. The molecule has 3 heterocycles. The number of halogens is 1. The first kappa shape index (κ1) is 24.3. The highest BCUT2D eigenvalue weighted by atomic mass is 35.5. The second kappa shape index (κ2) is 10.2. The Kier molecular flexibility index (Phi) is 7.09. The fourth-order valence-electron chi connectivity index (χ4n) is 3.75. The minimum atomic E-state index is -0.714. The van der Waals surface area contributed by atoms with E-state index < -0.39 is 6.10 Å². The lowest BCUT2D eigenvalue weighted by Crippen LogP contribution is -2.26. The molecule has 3 N–H and O–H groups in total. The molecule has 1 unspecified atom stereocenters. The zero-order valence-corrected chi connectivity index (χ0v) is 20.3. The van der Waals surface area contributed by atoms with Gasteiger partial charge in [0.15, 0.2) is 11.5 Å². The van der Waals surface area contributed by atoms with Crippen molar-refractivity contribution in [1.82, 2.24) is 24.9 Å². The third-order valence-corrected chi connectivity index (χ3v) is 5.76. The number of aliphatic hydroxyl groups is 1. The van der Waals surface area contributed by atoms with Gasteiger partial charge in [-0.3, -0.25) is 14.6 Å². The fraction of sp³-hybridized carbons (Fsp3) is 0.240. The molecule has 0 aliphatic carbocycles. The number of benzene rings is 1. The summed E-state index contributed by atoms with van der Waals surface area (Å²) in [6.07, 6.45) is 1.26. The Balaban J connectivity index is 1.50. The van der Waals surface area contributed by atoms with Crippen LogP contribution in [0.2, 0.25) is 5.02 Å². The van der Waals surface area contributed by atoms with Gasteiger partial charge in [0.1, 0.15) is 0 Å². The summed E-state index contributed by atoms with van der Waals surface area (Å²) >= 11 is 5.89. The van der Waals surface area contributed by atoms with E-state index in [-0.39, 0.29) is 18.4 Å². The summed E-state index contributed by atoms with van der Waals surface area (Å²) in [6.45, 7) is 5.33. The summed E-state index contributed by atoms with van der Waals surface area (Å²) in [5.41, 5.74) is 4.39. The molecule has 35 heavy (non-hydrogen) atoms. The van der Waals surface area contributed by atoms with Crippen molar-refractivity contribution < 1.29 is 14.7 Å². The van der Waals surface area contributed by atoms with Gasteiger partial charge < -0.3 is 15.7 Å². The molecule has 4 aromatic rings. The molecular formula is C25H25ClN6O3. The highest BCUT2D eigenvalue weighted by Gasteiger charge is 2.17. The molecule has 0 radical (unpaired) electrons. The molecule has 10 heteroatoms. The van der Waals surface area contributed by atoms with Crippen molar-refractivity contribution in [3.8, 4) is 11.3 Å². The molecule has 0 aliphatic rings. The smallest absolute Gasteiger partial charge is 0.253 e. The number of nitrogens with zero attached hydrogens (tertiary/aromatic N) is 4. The van der Waals surface area contributed by atoms with Crippen LogP contribution in [0, 0.1) is 13.8 Å². The molecule has 1 aromatic carbocycles. The molecule has 0 spiro atoms. The minimum absolute atomic E-state index is 0.219. The van der Waals surface area contributed by atoms with Gasteiger partial charge in [0, 0.05) is 29.7 Å². The maximum Gasteiger partial charge on any atom is 0.253 e. The number of carbonyl (C=O) groups is 2. The van der Waals surface area contributed by atoms with E-state index in [1.165, 1.54) is 6.92 Å². The number of hydrogen-bond acceptors (Lipinski definition) is 6. The summed E-state index contributed by atoms with van der Waals surface area (Å²) in [5, 5.41) is 21.0. The number of aliphatic hydroxyl groups excluding tert-OH is 1. The number of pyridine rings is 1. The maximum absolute atomic E-state index is 12.9. The monoisotopic (exact) mass is 492 g/mol. The van der Waals surface area contributed by atoms with Crippen molar-refractivity contribution in [2.24, 2.45) is 0 Å². The van der Waals surface area contributed by atoms with Crippen LogP contribution >= 0.6 is 11.6 Å². The summed E-state index contributed by atoms with van der Waals surface area (Å²) in [4.78, 5) is 33.1. The SMILES string of the molecule is CC(=O)Nc1cn2nc(-c3cc(C(=O)NCCC(O)c4ccc(Cl)cc4)c(C)nc3C)ccc2n1. The predicted molar refractivity (Wildman–Crippen MR) is 133 cm³/mol. The van der Waals surface area contributed by atoms with E-state index in [0.717, 1.165) is 11.3 Å². The number of rotatable bonds is 7. The molecule has 4 rings (SSSR count). The summed E-state index contributed by atoms with van der Waals surface area (Å²) < 4.78 is 1.57. The van der Waals surface area contributed by atoms with Crippen molar-refractivity contribution in [3.05, 3.63) is 76.2 Å². The lowest BCUT2D eigenvalue weighted by Gasteiger charge is -2.14. The van der Waals surface area contributed by atoms with Crippen LogP contribution in [0.1, 0.15) is 46.8 Å². The van der Waals surface area contributed by atoms with Crippen molar-refractivity contribution in [2.45, 2.75) is 33.3 Å². The standard InChI is InChI=1S/C25H25ClN6O3/c1-14-19(21-8-9-24-30-23(29-16(3)33)13-32(24)31-21)12-20(15(2)28-14)25(35)27-11-10-22(34)17-4-6-18(26)7-5-17/h4-9,12-13,22,34H,10-11H2,1-3H3,(H,27,35)(H,29,33). The van der Waals surface area contributed by atoms with Gasteiger partial charge in [-0.15, -0.1) is 0 Å². The fourth-order valence-corrected chi connectivity index (χ4v) is 3.88. The van der Waals surface area contributed by atoms with Crippen molar-refractivity contribution in [2.75, 3.05) is 11.9 Å². The number of carbonyl (C=O) groups excluding carboxylic acids is 2. The van der Waals surface area contributed by atoms with E-state index in [2.05, 4.69) is 25.7 Å². The van der Waals surface area contributed by atoms with Crippen molar-refractivity contribution >= 4 is 34.9 Å². The Morgan fingerprint density at radius 1 is 1.09 bits per heavy atom. The molecule has 0 saturated carbocycles. The Morgan fingerprint density at radius 2 is 1.83 bits per heavy atom. The highest BCUT2D eigenvalue weighted by molar-refractivity contribution is 6.30. The van der Waals surface area contributed by atoms with Crippen LogP contribution in [0.25, 0.3) is 16.9 Å². The normalized spacial score (nSPS) is 11.9. The van der Waals surface area contributed by atoms with Gasteiger partial charge >= 0.3 is 0 Å². The summed E-state index contributed by atoms with van der Waals surface area (Å²) in [7, 11) is 0. The Bertz CT molecular complexity index is 1400. The molecular weight excluding hydrogens is 468 g/mol. The topological polar surface area (TPSA) is 122 Å². The highest BCUT2D eigenvalue weighted by Crippen LogP contribution is 2.24. The van der Waals surface area contributed by atoms with E-state index in [1.807, 2.05) is 6.92 Å². The van der Waals surface area contributed by atoms with Crippen LogP contribution in [-0.4, -0.2) is 43.0 Å². The van der Waals surface area contributed by atoms with Crippen LogP contribution in [0.4, 0.5) is 5.82 Å². The Labute approximate surface area is 207 Å². The van der Waals surface area contributed by atoms with Crippen molar-refractivity contribution in [3.63, 3.8) is 0 Å². The first-order valence-electron chi connectivity index (χ1n) is 11.1. The molecule has 0 saturated heterocycles. The van der Waals surface area contributed by atoms with E-state index in [0.29, 0.717) is 45.4 Å². The number of amides is 2. The van der Waals surface area contributed by atoms with Gasteiger partial charge in [-0.25, -0.2) is 9.50 Å². The van der Waals surface area contributed by atoms with E-state index >= 15 is 0 Å². The van der Waals surface area contributed by atoms with Crippen LogP contribution in [-0.2, 0) is 4.79 Å². The Morgan fingerprint density at radius 3 is 2.54 bits per heavy atom. The average molecular weight is 493 g/mol.